The number of aromatic nitrogens is 2. The summed E-state index contributed by atoms with van der Waals surface area (Å²) < 4.78 is 0. The van der Waals surface area contributed by atoms with E-state index in [2.05, 4.69) is 46.0 Å². The van der Waals surface area contributed by atoms with Gasteiger partial charge in [0.2, 0.25) is 5.91 Å². The molecule has 1 fully saturated rings. The highest BCUT2D eigenvalue weighted by atomic mass is 16.2. The lowest BCUT2D eigenvalue weighted by atomic mass is 9.76. The number of rotatable bonds is 1. The molecular formula is C20H17N5O. The largest absolute Gasteiger partial charge is 0.325 e. The number of carbonyl (C=O) groups excluding carboxylic acids is 1. The van der Waals surface area contributed by atoms with Crippen molar-refractivity contribution in [3.05, 3.63) is 48.2 Å². The standard InChI is InChI=1S/C20H17N5O/c21-12-25-6-5-20(11-25)9-16-7-13(3-4-17(16)23-19(20)26)14-1-2-15-10-22-24-18(15)8-14/h1-4,7-8,10H,5-6,9,11H2,(H,22,24)(H,23,26). The molecule has 2 aliphatic rings. The first-order valence-corrected chi connectivity index (χ1v) is 8.69. The van der Waals surface area contributed by atoms with Crippen molar-refractivity contribution >= 4 is 22.5 Å². The molecule has 1 amide bonds. The summed E-state index contributed by atoms with van der Waals surface area (Å²) in [5.41, 5.74) is 4.75. The number of carbonyl (C=O) groups is 1. The maximum atomic E-state index is 12.7. The van der Waals surface area contributed by atoms with Gasteiger partial charge < -0.3 is 10.2 Å². The van der Waals surface area contributed by atoms with Gasteiger partial charge in [-0.3, -0.25) is 9.89 Å². The molecule has 0 saturated carbocycles. The van der Waals surface area contributed by atoms with Crippen LogP contribution in [-0.2, 0) is 11.2 Å². The summed E-state index contributed by atoms with van der Waals surface area (Å²) in [6.45, 7) is 1.15. The van der Waals surface area contributed by atoms with Gasteiger partial charge in [-0.1, -0.05) is 18.2 Å². The molecule has 6 heteroatoms. The van der Waals surface area contributed by atoms with Gasteiger partial charge in [-0.05, 0) is 47.7 Å². The van der Waals surface area contributed by atoms with E-state index in [0.29, 0.717) is 19.5 Å². The van der Waals surface area contributed by atoms with Crippen LogP contribution in [0.4, 0.5) is 5.69 Å². The minimum atomic E-state index is -0.491. The monoisotopic (exact) mass is 343 g/mol. The molecule has 1 saturated heterocycles. The smallest absolute Gasteiger partial charge is 0.232 e. The average molecular weight is 343 g/mol. The van der Waals surface area contributed by atoms with Crippen molar-refractivity contribution in [2.75, 3.05) is 18.4 Å². The molecule has 1 spiro atoms. The lowest BCUT2D eigenvalue weighted by Gasteiger charge is -2.33. The van der Waals surface area contributed by atoms with Crippen molar-refractivity contribution in [3.63, 3.8) is 0 Å². The number of nitrogens with zero attached hydrogens (tertiary/aromatic N) is 3. The third kappa shape index (κ3) is 2.17. The Bertz CT molecular complexity index is 1080. The van der Waals surface area contributed by atoms with Crippen LogP contribution in [-0.4, -0.2) is 34.1 Å². The zero-order valence-electron chi connectivity index (χ0n) is 14.1. The summed E-state index contributed by atoms with van der Waals surface area (Å²) in [4.78, 5) is 14.3. The summed E-state index contributed by atoms with van der Waals surface area (Å²) in [6.07, 6.45) is 5.38. The summed E-state index contributed by atoms with van der Waals surface area (Å²) in [7, 11) is 0. The summed E-state index contributed by atoms with van der Waals surface area (Å²) >= 11 is 0. The van der Waals surface area contributed by atoms with Crippen molar-refractivity contribution in [1.29, 1.82) is 5.26 Å². The quantitative estimate of drug-likeness (QED) is 0.665. The SMILES string of the molecule is N#CN1CCC2(Cc3cc(-c4ccc5cn[nH]c5c4)ccc3NC2=O)C1. The number of fused-ring (bicyclic) bond motifs is 2. The predicted octanol–water partition coefficient (Wildman–Crippen LogP) is 2.90. The van der Waals surface area contributed by atoms with E-state index in [4.69, 9.17) is 5.26 Å². The molecule has 128 valence electrons. The normalized spacial score (nSPS) is 21.7. The van der Waals surface area contributed by atoms with E-state index in [1.165, 1.54) is 0 Å². The van der Waals surface area contributed by atoms with Crippen molar-refractivity contribution in [1.82, 2.24) is 15.1 Å². The van der Waals surface area contributed by atoms with Gasteiger partial charge in [-0.2, -0.15) is 10.4 Å². The first-order valence-electron chi connectivity index (χ1n) is 8.69. The highest BCUT2D eigenvalue weighted by Crippen LogP contribution is 2.41. The fraction of sp³-hybridized carbons (Fsp3) is 0.250. The molecule has 1 unspecified atom stereocenters. The van der Waals surface area contributed by atoms with Crippen molar-refractivity contribution in [2.45, 2.75) is 12.8 Å². The fourth-order valence-electron chi connectivity index (χ4n) is 4.15. The zero-order chi connectivity index (χ0) is 17.7. The number of benzene rings is 2. The second kappa shape index (κ2) is 5.33. The van der Waals surface area contributed by atoms with Gasteiger partial charge in [-0.15, -0.1) is 0 Å². The van der Waals surface area contributed by atoms with Gasteiger partial charge in [0.25, 0.3) is 0 Å². The Balaban J connectivity index is 1.53. The second-order valence-electron chi connectivity index (χ2n) is 7.23. The molecule has 0 bridgehead atoms. The third-order valence-corrected chi connectivity index (χ3v) is 5.63. The molecule has 5 rings (SSSR count). The summed E-state index contributed by atoms with van der Waals surface area (Å²) in [5, 5.41) is 20.4. The number of hydrogen-bond acceptors (Lipinski definition) is 4. The summed E-state index contributed by atoms with van der Waals surface area (Å²) in [5.74, 6) is 0.0365. The van der Waals surface area contributed by atoms with Gasteiger partial charge in [-0.25, -0.2) is 0 Å². The van der Waals surface area contributed by atoms with Crippen molar-refractivity contribution in [3.8, 4) is 17.3 Å². The van der Waals surface area contributed by atoms with E-state index in [9.17, 15) is 4.79 Å². The number of amides is 1. The average Bonchev–Trinajstić information content (AvgIpc) is 3.29. The maximum absolute atomic E-state index is 12.7. The Hall–Kier alpha value is -3.33. The number of hydrogen-bond donors (Lipinski definition) is 2. The van der Waals surface area contributed by atoms with E-state index < -0.39 is 5.41 Å². The van der Waals surface area contributed by atoms with Crippen LogP contribution in [0.15, 0.2) is 42.6 Å². The van der Waals surface area contributed by atoms with Crippen LogP contribution < -0.4 is 5.32 Å². The van der Waals surface area contributed by atoms with Crippen LogP contribution >= 0.6 is 0 Å². The van der Waals surface area contributed by atoms with E-state index in [0.717, 1.165) is 39.7 Å². The van der Waals surface area contributed by atoms with E-state index in [1.807, 2.05) is 18.3 Å². The first-order chi connectivity index (χ1) is 12.7. The Morgan fingerprint density at radius 3 is 2.88 bits per heavy atom. The van der Waals surface area contributed by atoms with E-state index >= 15 is 0 Å². The second-order valence-corrected chi connectivity index (χ2v) is 7.23. The van der Waals surface area contributed by atoms with Gasteiger partial charge >= 0.3 is 0 Å². The van der Waals surface area contributed by atoms with Gasteiger partial charge in [0.05, 0.1) is 17.1 Å². The van der Waals surface area contributed by atoms with Crippen LogP contribution in [0.2, 0.25) is 0 Å². The van der Waals surface area contributed by atoms with Crippen molar-refractivity contribution < 1.29 is 4.79 Å². The highest BCUT2D eigenvalue weighted by Gasteiger charge is 2.47. The molecule has 3 aromatic rings. The molecule has 6 nitrogen and oxygen atoms in total. The molecule has 2 aliphatic heterocycles. The molecule has 2 aromatic carbocycles. The number of anilines is 1. The van der Waals surface area contributed by atoms with E-state index in [1.54, 1.807) is 4.90 Å². The molecule has 0 radical (unpaired) electrons. The zero-order valence-corrected chi connectivity index (χ0v) is 14.1. The lowest BCUT2D eigenvalue weighted by molar-refractivity contribution is -0.125. The van der Waals surface area contributed by atoms with Crippen LogP contribution in [0, 0.1) is 16.9 Å². The molecule has 3 heterocycles. The highest BCUT2D eigenvalue weighted by molar-refractivity contribution is 5.99. The first kappa shape index (κ1) is 15.0. The number of H-pyrrole nitrogens is 1. The third-order valence-electron chi connectivity index (χ3n) is 5.63. The van der Waals surface area contributed by atoms with Crippen LogP contribution in [0.5, 0.6) is 0 Å². The minimum absolute atomic E-state index is 0.0365. The number of nitrogens with one attached hydrogen (secondary N) is 2. The molecule has 1 aromatic heterocycles. The van der Waals surface area contributed by atoms with E-state index in [-0.39, 0.29) is 5.91 Å². The Morgan fingerprint density at radius 1 is 1.19 bits per heavy atom. The van der Waals surface area contributed by atoms with Crippen LogP contribution in [0.25, 0.3) is 22.0 Å². The molecular weight excluding hydrogens is 326 g/mol. The van der Waals surface area contributed by atoms with Crippen LogP contribution in [0.3, 0.4) is 0 Å². The van der Waals surface area contributed by atoms with Gasteiger partial charge in [0, 0.05) is 24.2 Å². The lowest BCUT2D eigenvalue weighted by Crippen LogP contribution is -2.43. The number of aromatic amines is 1. The van der Waals surface area contributed by atoms with Gasteiger partial charge in [0.15, 0.2) is 6.19 Å². The fourth-order valence-corrected chi connectivity index (χ4v) is 4.15. The Morgan fingerprint density at radius 2 is 2.04 bits per heavy atom. The van der Waals surface area contributed by atoms with Crippen LogP contribution in [0.1, 0.15) is 12.0 Å². The van der Waals surface area contributed by atoms with Crippen molar-refractivity contribution in [2.24, 2.45) is 5.41 Å². The molecule has 0 aliphatic carbocycles. The topological polar surface area (TPSA) is 84.8 Å². The molecule has 26 heavy (non-hydrogen) atoms. The Labute approximate surface area is 150 Å². The molecule has 2 N–H and O–H groups in total. The minimum Gasteiger partial charge on any atom is -0.325 e. The summed E-state index contributed by atoms with van der Waals surface area (Å²) in [6, 6.07) is 12.4. The maximum Gasteiger partial charge on any atom is 0.232 e. The number of likely N-dealkylation sites (tertiary alicyclic amines) is 1. The molecule has 1 atom stereocenters. The predicted molar refractivity (Wildman–Crippen MR) is 98.1 cm³/mol. The van der Waals surface area contributed by atoms with Gasteiger partial charge in [0.1, 0.15) is 0 Å². The number of nitriles is 1. The Kier molecular flexibility index (Phi) is 3.07.